The summed E-state index contributed by atoms with van der Waals surface area (Å²) in [7, 11) is 5.13. The van der Waals surface area contributed by atoms with Crippen molar-refractivity contribution >= 4 is 0 Å². The van der Waals surface area contributed by atoms with Crippen LogP contribution in [0.2, 0.25) is 0 Å². The molecule has 36 heavy (non-hydrogen) atoms. The zero-order chi connectivity index (χ0) is 25.7. The van der Waals surface area contributed by atoms with E-state index in [-0.39, 0.29) is 0 Å². The number of rotatable bonds is 9. The smallest absolute Gasteiger partial charge is 0.118 e. The van der Waals surface area contributed by atoms with Crippen molar-refractivity contribution < 1.29 is 14.2 Å². The van der Waals surface area contributed by atoms with Crippen LogP contribution in [0.15, 0.2) is 72.8 Å². The van der Waals surface area contributed by atoms with E-state index in [0.717, 1.165) is 36.5 Å². The molecule has 0 bridgehead atoms. The van der Waals surface area contributed by atoms with Gasteiger partial charge in [-0.25, -0.2) is 0 Å². The second-order valence-electron chi connectivity index (χ2n) is 9.39. The van der Waals surface area contributed by atoms with Crippen molar-refractivity contribution in [1.82, 2.24) is 0 Å². The highest BCUT2D eigenvalue weighted by molar-refractivity contribution is 5.55. The summed E-state index contributed by atoms with van der Waals surface area (Å²) < 4.78 is 16.1. The third-order valence-electron chi connectivity index (χ3n) is 7.34. The molecule has 4 aromatic carbocycles. The lowest BCUT2D eigenvalue weighted by Gasteiger charge is -2.23. The molecule has 0 unspecified atom stereocenters. The standard InChI is InChI=1S/C33H36O3/c1-22-31(19-25-7-13-28(34-4)14-8-25)23(2)33(21-27-11-17-30(36-6)18-12-27)24(3)32(22)20-26-9-15-29(35-5)16-10-26/h7-18H,19-21H2,1-6H3. The van der Waals surface area contributed by atoms with E-state index >= 15 is 0 Å². The number of methoxy groups -OCH3 is 3. The predicted molar refractivity (Wildman–Crippen MR) is 148 cm³/mol. The molecule has 0 saturated carbocycles. The first kappa shape index (κ1) is 25.4. The maximum atomic E-state index is 5.37. The van der Waals surface area contributed by atoms with Gasteiger partial charge in [-0.1, -0.05) is 36.4 Å². The quantitative estimate of drug-likeness (QED) is 0.250. The van der Waals surface area contributed by atoms with Gasteiger partial charge in [0.1, 0.15) is 17.2 Å². The minimum absolute atomic E-state index is 0.886. The van der Waals surface area contributed by atoms with Crippen LogP contribution < -0.4 is 14.2 Å². The minimum atomic E-state index is 0.886. The summed E-state index contributed by atoms with van der Waals surface area (Å²) in [4.78, 5) is 0. The second kappa shape index (κ2) is 11.3. The van der Waals surface area contributed by atoms with Gasteiger partial charge >= 0.3 is 0 Å². The lowest BCUT2D eigenvalue weighted by atomic mass is 9.82. The van der Waals surface area contributed by atoms with Crippen LogP contribution in [0.25, 0.3) is 0 Å². The van der Waals surface area contributed by atoms with Crippen LogP contribution in [0.1, 0.15) is 50.1 Å². The van der Waals surface area contributed by atoms with Gasteiger partial charge in [-0.15, -0.1) is 0 Å². The van der Waals surface area contributed by atoms with Crippen LogP contribution >= 0.6 is 0 Å². The summed E-state index contributed by atoms with van der Waals surface area (Å²) in [6.45, 7) is 6.86. The molecule has 0 aliphatic heterocycles. The van der Waals surface area contributed by atoms with E-state index in [9.17, 15) is 0 Å². The molecule has 0 saturated heterocycles. The van der Waals surface area contributed by atoms with Gasteiger partial charge in [0.25, 0.3) is 0 Å². The summed E-state index contributed by atoms with van der Waals surface area (Å²) in [5, 5.41) is 0. The van der Waals surface area contributed by atoms with Crippen molar-refractivity contribution in [2.75, 3.05) is 21.3 Å². The Bertz CT molecular complexity index is 1110. The molecule has 0 atom stereocenters. The molecule has 3 heteroatoms. The van der Waals surface area contributed by atoms with E-state index in [2.05, 4.69) is 57.2 Å². The van der Waals surface area contributed by atoms with Crippen molar-refractivity contribution in [3.05, 3.63) is 123 Å². The van der Waals surface area contributed by atoms with Crippen LogP contribution in [0.4, 0.5) is 0 Å². The third-order valence-corrected chi connectivity index (χ3v) is 7.34. The van der Waals surface area contributed by atoms with Gasteiger partial charge in [-0.2, -0.15) is 0 Å². The fourth-order valence-electron chi connectivity index (χ4n) is 5.03. The number of hydrogen-bond donors (Lipinski definition) is 0. The van der Waals surface area contributed by atoms with Crippen LogP contribution in [0.3, 0.4) is 0 Å². The first-order chi connectivity index (χ1) is 17.4. The summed E-state index contributed by atoms with van der Waals surface area (Å²) >= 11 is 0. The van der Waals surface area contributed by atoms with Gasteiger partial charge in [0.2, 0.25) is 0 Å². The minimum Gasteiger partial charge on any atom is -0.497 e. The number of ether oxygens (including phenoxy) is 3. The van der Waals surface area contributed by atoms with E-state index in [1.54, 1.807) is 21.3 Å². The maximum Gasteiger partial charge on any atom is 0.118 e. The fourth-order valence-corrected chi connectivity index (χ4v) is 5.03. The zero-order valence-electron chi connectivity index (χ0n) is 22.3. The Labute approximate surface area is 215 Å². The third kappa shape index (κ3) is 5.57. The van der Waals surface area contributed by atoms with Crippen molar-refractivity contribution in [3.63, 3.8) is 0 Å². The van der Waals surface area contributed by atoms with Gasteiger partial charge in [0.15, 0.2) is 0 Å². The molecule has 4 aromatic rings. The van der Waals surface area contributed by atoms with E-state index in [0.29, 0.717) is 0 Å². The SMILES string of the molecule is COc1ccc(Cc2c(C)c(Cc3ccc(OC)cc3)c(C)c(Cc3ccc(OC)cc3)c2C)cc1. The van der Waals surface area contributed by atoms with Gasteiger partial charge in [-0.05, 0) is 127 Å². The summed E-state index contributed by atoms with van der Waals surface area (Å²) in [6.07, 6.45) is 2.69. The normalized spacial score (nSPS) is 10.8. The van der Waals surface area contributed by atoms with Gasteiger partial charge in [-0.3, -0.25) is 0 Å². The molecule has 0 N–H and O–H groups in total. The highest BCUT2D eigenvalue weighted by Gasteiger charge is 2.18. The largest absolute Gasteiger partial charge is 0.497 e. The molecule has 0 aromatic heterocycles. The number of hydrogen-bond acceptors (Lipinski definition) is 3. The van der Waals surface area contributed by atoms with E-state index in [1.807, 2.05) is 36.4 Å². The molecule has 0 aliphatic rings. The molecule has 0 aliphatic carbocycles. The fraction of sp³-hybridized carbons (Fsp3) is 0.273. The molecule has 0 radical (unpaired) electrons. The monoisotopic (exact) mass is 480 g/mol. The van der Waals surface area contributed by atoms with Gasteiger partial charge in [0, 0.05) is 0 Å². The summed E-state index contributed by atoms with van der Waals surface area (Å²) in [5.41, 5.74) is 12.3. The van der Waals surface area contributed by atoms with Crippen molar-refractivity contribution in [2.24, 2.45) is 0 Å². The highest BCUT2D eigenvalue weighted by Crippen LogP contribution is 2.33. The van der Waals surface area contributed by atoms with Crippen LogP contribution in [-0.2, 0) is 19.3 Å². The van der Waals surface area contributed by atoms with Crippen LogP contribution in [0, 0.1) is 20.8 Å². The molecule has 3 nitrogen and oxygen atoms in total. The molecule has 186 valence electrons. The average molecular weight is 481 g/mol. The van der Waals surface area contributed by atoms with Gasteiger partial charge in [0.05, 0.1) is 21.3 Å². The molecule has 0 amide bonds. The first-order valence-electron chi connectivity index (χ1n) is 12.4. The van der Waals surface area contributed by atoms with Crippen molar-refractivity contribution in [3.8, 4) is 17.2 Å². The molecule has 0 fully saturated rings. The van der Waals surface area contributed by atoms with E-state index in [4.69, 9.17) is 14.2 Å². The Hall–Kier alpha value is -3.72. The first-order valence-corrected chi connectivity index (χ1v) is 12.4. The van der Waals surface area contributed by atoms with E-state index < -0.39 is 0 Å². The lowest BCUT2D eigenvalue weighted by molar-refractivity contribution is 0.414. The van der Waals surface area contributed by atoms with E-state index in [1.165, 1.54) is 50.1 Å². The molecule has 4 rings (SSSR count). The molecular weight excluding hydrogens is 444 g/mol. The highest BCUT2D eigenvalue weighted by atomic mass is 16.5. The topological polar surface area (TPSA) is 27.7 Å². The second-order valence-corrected chi connectivity index (χ2v) is 9.39. The maximum absolute atomic E-state index is 5.37. The zero-order valence-corrected chi connectivity index (χ0v) is 22.3. The van der Waals surface area contributed by atoms with Crippen LogP contribution in [-0.4, -0.2) is 21.3 Å². The summed E-state index contributed by atoms with van der Waals surface area (Å²) in [6, 6.07) is 25.3. The summed E-state index contributed by atoms with van der Waals surface area (Å²) in [5.74, 6) is 2.66. The number of benzene rings is 4. The van der Waals surface area contributed by atoms with Gasteiger partial charge < -0.3 is 14.2 Å². The lowest BCUT2D eigenvalue weighted by Crippen LogP contribution is -2.09. The van der Waals surface area contributed by atoms with Crippen molar-refractivity contribution in [1.29, 1.82) is 0 Å². The Morgan fingerprint density at radius 3 is 0.806 bits per heavy atom. The molecule has 0 heterocycles. The van der Waals surface area contributed by atoms with Crippen molar-refractivity contribution in [2.45, 2.75) is 40.0 Å². The Balaban J connectivity index is 1.78. The molecule has 0 spiro atoms. The Morgan fingerprint density at radius 1 is 0.389 bits per heavy atom. The van der Waals surface area contributed by atoms with Crippen LogP contribution in [0.5, 0.6) is 17.2 Å². The Kier molecular flexibility index (Phi) is 8.00. The average Bonchev–Trinajstić information content (AvgIpc) is 2.92. The predicted octanol–water partition coefficient (Wildman–Crippen LogP) is 7.41. The Morgan fingerprint density at radius 2 is 0.611 bits per heavy atom. The molecular formula is C33H36O3.